The first-order valence-electron chi connectivity index (χ1n) is 7.32. The van der Waals surface area contributed by atoms with Gasteiger partial charge >= 0.3 is 5.97 Å². The maximum absolute atomic E-state index is 12.3. The second-order valence-corrected chi connectivity index (χ2v) is 8.56. The first-order valence-corrected chi connectivity index (χ1v) is 9.68. The summed E-state index contributed by atoms with van der Waals surface area (Å²) in [6.07, 6.45) is 2.11. The Morgan fingerprint density at radius 2 is 2.13 bits per heavy atom. The average molecular weight is 351 g/mol. The number of aliphatic carboxylic acids is 1. The van der Waals surface area contributed by atoms with Crippen LogP contribution in [0.3, 0.4) is 0 Å². The van der Waals surface area contributed by atoms with Crippen LogP contribution in [-0.2, 0) is 34.1 Å². The van der Waals surface area contributed by atoms with Crippen LogP contribution in [0.15, 0.2) is 39.9 Å². The molecule has 0 amide bonds. The fourth-order valence-electron chi connectivity index (χ4n) is 2.89. The molecule has 1 atom stereocenters. The van der Waals surface area contributed by atoms with Crippen molar-refractivity contribution in [1.82, 2.24) is 4.72 Å². The summed E-state index contributed by atoms with van der Waals surface area (Å²) in [7, 11) is -3.45. The van der Waals surface area contributed by atoms with Crippen LogP contribution in [0.1, 0.15) is 23.1 Å². The Morgan fingerprint density at radius 3 is 2.83 bits per heavy atom. The van der Waals surface area contributed by atoms with E-state index in [1.807, 2.05) is 18.2 Å². The molecule has 5 nitrogen and oxygen atoms in total. The number of carboxylic acid groups (broad SMARTS) is 1. The Bertz CT molecular complexity index is 813. The van der Waals surface area contributed by atoms with Gasteiger partial charge in [0.15, 0.2) is 0 Å². The summed E-state index contributed by atoms with van der Waals surface area (Å²) in [5, 5.41) is 10.6. The third-order valence-corrected chi connectivity index (χ3v) is 6.85. The van der Waals surface area contributed by atoms with Crippen molar-refractivity contribution in [3.8, 4) is 0 Å². The molecule has 2 aromatic rings. The molecule has 122 valence electrons. The van der Waals surface area contributed by atoms with Crippen molar-refractivity contribution in [2.24, 2.45) is 0 Å². The first kappa shape index (κ1) is 16.2. The summed E-state index contributed by atoms with van der Waals surface area (Å²) >= 11 is 1.21. The number of carboxylic acids is 1. The summed E-state index contributed by atoms with van der Waals surface area (Å²) in [5.41, 5.74) is 2.99. The van der Waals surface area contributed by atoms with E-state index in [-0.39, 0.29) is 12.5 Å². The van der Waals surface area contributed by atoms with E-state index in [2.05, 4.69) is 4.72 Å². The van der Waals surface area contributed by atoms with Crippen molar-refractivity contribution in [2.45, 2.75) is 35.9 Å². The zero-order valence-corrected chi connectivity index (χ0v) is 14.0. The lowest BCUT2D eigenvalue weighted by atomic mass is 9.87. The highest BCUT2D eigenvalue weighted by Crippen LogP contribution is 2.25. The number of nitrogens with one attached hydrogen (secondary N) is 1. The zero-order valence-electron chi connectivity index (χ0n) is 12.4. The van der Waals surface area contributed by atoms with Crippen LogP contribution >= 0.6 is 11.3 Å². The molecule has 0 radical (unpaired) electrons. The summed E-state index contributed by atoms with van der Waals surface area (Å²) in [5.74, 6) is -0.845. The van der Waals surface area contributed by atoms with Gasteiger partial charge in [-0.15, -0.1) is 11.3 Å². The molecule has 7 heteroatoms. The molecule has 1 aliphatic rings. The van der Waals surface area contributed by atoms with Crippen molar-refractivity contribution in [2.75, 3.05) is 0 Å². The molecule has 3 rings (SSSR count). The van der Waals surface area contributed by atoms with Crippen LogP contribution in [0.5, 0.6) is 0 Å². The minimum absolute atomic E-state index is 0.0156. The summed E-state index contributed by atoms with van der Waals surface area (Å²) in [6.45, 7) is 0. The van der Waals surface area contributed by atoms with Crippen LogP contribution in [0, 0.1) is 0 Å². The molecule has 0 bridgehead atoms. The zero-order chi connectivity index (χ0) is 16.4. The topological polar surface area (TPSA) is 83.5 Å². The molecule has 0 saturated carbocycles. The number of fused-ring (bicyclic) bond motifs is 1. The summed E-state index contributed by atoms with van der Waals surface area (Å²) in [4.78, 5) is 10.8. The van der Waals surface area contributed by atoms with Crippen molar-refractivity contribution in [3.05, 3.63) is 52.4 Å². The van der Waals surface area contributed by atoms with Crippen LogP contribution < -0.4 is 4.72 Å². The first-order chi connectivity index (χ1) is 10.9. The number of benzene rings is 1. The molecule has 0 spiro atoms. The van der Waals surface area contributed by atoms with E-state index in [0.717, 1.165) is 23.1 Å². The predicted octanol–water partition coefficient (Wildman–Crippen LogP) is 2.21. The lowest BCUT2D eigenvalue weighted by Crippen LogP contribution is -2.38. The van der Waals surface area contributed by atoms with Gasteiger partial charge < -0.3 is 5.11 Å². The van der Waals surface area contributed by atoms with E-state index in [1.165, 1.54) is 11.3 Å². The Hall–Kier alpha value is -1.70. The van der Waals surface area contributed by atoms with Crippen LogP contribution in [0.25, 0.3) is 0 Å². The summed E-state index contributed by atoms with van der Waals surface area (Å²) < 4.78 is 27.7. The highest BCUT2D eigenvalue weighted by atomic mass is 32.2. The Kier molecular flexibility index (Phi) is 4.52. The monoisotopic (exact) mass is 351 g/mol. The minimum Gasteiger partial charge on any atom is -0.481 e. The van der Waals surface area contributed by atoms with Gasteiger partial charge in [0.2, 0.25) is 10.0 Å². The van der Waals surface area contributed by atoms with Gasteiger partial charge in [0.1, 0.15) is 4.21 Å². The molecular formula is C16H17NO4S2. The molecule has 0 saturated heterocycles. The normalized spacial score (nSPS) is 17.7. The van der Waals surface area contributed by atoms with Crippen molar-refractivity contribution >= 4 is 27.3 Å². The standard InChI is InChI=1S/C16H17NO4S2/c18-15(19)9-11-3-4-13-10-14(6-5-12(13)8-11)17-23(20,21)16-2-1-7-22-16/h1-4,7-8,14,17H,5-6,9-10H2,(H,18,19). The number of carbonyl (C=O) groups is 1. The maximum atomic E-state index is 12.3. The van der Waals surface area contributed by atoms with Gasteiger partial charge in [0, 0.05) is 6.04 Å². The summed E-state index contributed by atoms with van der Waals surface area (Å²) in [6, 6.07) is 8.84. The van der Waals surface area contributed by atoms with Crippen LogP contribution in [0.2, 0.25) is 0 Å². The molecule has 2 N–H and O–H groups in total. The van der Waals surface area contributed by atoms with Gasteiger partial charge in [0.05, 0.1) is 6.42 Å². The Labute approximate surface area is 139 Å². The Morgan fingerprint density at radius 1 is 1.30 bits per heavy atom. The van der Waals surface area contributed by atoms with Crippen LogP contribution in [-0.4, -0.2) is 25.5 Å². The van der Waals surface area contributed by atoms with E-state index < -0.39 is 16.0 Å². The van der Waals surface area contributed by atoms with E-state index >= 15 is 0 Å². The SMILES string of the molecule is O=C(O)Cc1ccc2c(c1)CCC(NS(=O)(=O)c1cccs1)C2. The number of hydrogen-bond donors (Lipinski definition) is 2. The molecule has 1 heterocycles. The molecule has 1 aromatic heterocycles. The van der Waals surface area contributed by atoms with Crippen molar-refractivity contribution in [1.29, 1.82) is 0 Å². The van der Waals surface area contributed by atoms with E-state index in [9.17, 15) is 13.2 Å². The average Bonchev–Trinajstić information content (AvgIpc) is 3.01. The number of hydrogen-bond acceptors (Lipinski definition) is 4. The number of rotatable bonds is 5. The lowest BCUT2D eigenvalue weighted by molar-refractivity contribution is -0.136. The third kappa shape index (κ3) is 3.80. The second-order valence-electron chi connectivity index (χ2n) is 5.67. The molecule has 1 aromatic carbocycles. The van der Waals surface area contributed by atoms with Gasteiger partial charge in [0.25, 0.3) is 0 Å². The highest BCUT2D eigenvalue weighted by Gasteiger charge is 2.25. The van der Waals surface area contributed by atoms with E-state index in [4.69, 9.17) is 5.11 Å². The number of thiophene rings is 1. The van der Waals surface area contributed by atoms with Crippen molar-refractivity contribution < 1.29 is 18.3 Å². The number of sulfonamides is 1. The van der Waals surface area contributed by atoms with Gasteiger partial charge in [-0.25, -0.2) is 13.1 Å². The molecular weight excluding hydrogens is 334 g/mol. The third-order valence-electron chi connectivity index (χ3n) is 3.94. The largest absolute Gasteiger partial charge is 0.481 e. The van der Waals surface area contributed by atoms with Gasteiger partial charge in [-0.3, -0.25) is 4.79 Å². The molecule has 1 aliphatic carbocycles. The molecule has 0 aliphatic heterocycles. The van der Waals surface area contributed by atoms with Gasteiger partial charge in [-0.2, -0.15) is 0 Å². The van der Waals surface area contributed by atoms with E-state index in [1.54, 1.807) is 17.5 Å². The fourth-order valence-corrected chi connectivity index (χ4v) is 5.17. The number of aryl methyl sites for hydroxylation is 1. The molecule has 23 heavy (non-hydrogen) atoms. The van der Waals surface area contributed by atoms with E-state index in [0.29, 0.717) is 17.1 Å². The van der Waals surface area contributed by atoms with Gasteiger partial charge in [-0.05, 0) is 47.4 Å². The second kappa shape index (κ2) is 6.43. The Balaban J connectivity index is 1.72. The minimum atomic E-state index is -3.45. The molecule has 0 fully saturated rings. The fraction of sp³-hybridized carbons (Fsp3) is 0.312. The smallest absolute Gasteiger partial charge is 0.307 e. The highest BCUT2D eigenvalue weighted by molar-refractivity contribution is 7.91. The molecule has 1 unspecified atom stereocenters. The van der Waals surface area contributed by atoms with Crippen molar-refractivity contribution in [3.63, 3.8) is 0 Å². The predicted molar refractivity (Wildman–Crippen MR) is 88.2 cm³/mol. The maximum Gasteiger partial charge on any atom is 0.307 e. The van der Waals surface area contributed by atoms with Gasteiger partial charge in [-0.1, -0.05) is 24.3 Å². The lowest BCUT2D eigenvalue weighted by Gasteiger charge is -2.25. The quantitative estimate of drug-likeness (QED) is 0.865. The van der Waals surface area contributed by atoms with Crippen LogP contribution in [0.4, 0.5) is 0 Å².